The number of nitrogens with one attached hydrogen (secondary N) is 2. The van der Waals surface area contributed by atoms with E-state index in [2.05, 4.69) is 34.9 Å². The van der Waals surface area contributed by atoms with Crippen molar-refractivity contribution in [1.82, 2.24) is 5.32 Å². The van der Waals surface area contributed by atoms with Gasteiger partial charge in [0.15, 0.2) is 5.11 Å². The van der Waals surface area contributed by atoms with Gasteiger partial charge in [-0.25, -0.2) is 0 Å². The molecule has 3 aromatic rings. The van der Waals surface area contributed by atoms with Crippen LogP contribution in [0.2, 0.25) is 10.0 Å². The minimum atomic E-state index is 0.516. The summed E-state index contributed by atoms with van der Waals surface area (Å²) in [6.07, 6.45) is 0. The first kappa shape index (κ1) is 16.1. The third-order valence-electron chi connectivity index (χ3n) is 3.50. The summed E-state index contributed by atoms with van der Waals surface area (Å²) in [4.78, 5) is 0. The zero-order valence-electron chi connectivity index (χ0n) is 12.1. The Labute approximate surface area is 150 Å². The standard InChI is InChI=1S/C18H14Cl2N2S/c19-14-8-9-17(16(20)10-14)22-18(23)21-11-13-6-3-5-12-4-1-2-7-15(12)13/h1-10H,11H2,(H2,21,22,23). The molecule has 0 aromatic heterocycles. The average molecular weight is 361 g/mol. The van der Waals surface area contributed by atoms with Crippen molar-refractivity contribution in [3.63, 3.8) is 0 Å². The SMILES string of the molecule is S=C(NCc1cccc2ccccc12)Nc1ccc(Cl)cc1Cl. The molecule has 0 heterocycles. The van der Waals surface area contributed by atoms with Gasteiger partial charge in [-0.05, 0) is 46.8 Å². The highest BCUT2D eigenvalue weighted by molar-refractivity contribution is 7.80. The highest BCUT2D eigenvalue weighted by Crippen LogP contribution is 2.25. The Morgan fingerprint density at radius 2 is 1.74 bits per heavy atom. The van der Waals surface area contributed by atoms with Gasteiger partial charge in [-0.2, -0.15) is 0 Å². The molecule has 0 fully saturated rings. The summed E-state index contributed by atoms with van der Waals surface area (Å²) < 4.78 is 0. The van der Waals surface area contributed by atoms with Crippen molar-refractivity contribution in [3.05, 3.63) is 76.3 Å². The van der Waals surface area contributed by atoms with Crippen molar-refractivity contribution in [3.8, 4) is 0 Å². The van der Waals surface area contributed by atoms with Crippen LogP contribution in [0.5, 0.6) is 0 Å². The third-order valence-corrected chi connectivity index (χ3v) is 4.29. The van der Waals surface area contributed by atoms with Crippen molar-refractivity contribution in [2.45, 2.75) is 6.54 Å². The first-order chi connectivity index (χ1) is 11.1. The van der Waals surface area contributed by atoms with Gasteiger partial charge in [-0.15, -0.1) is 0 Å². The lowest BCUT2D eigenvalue weighted by Gasteiger charge is -2.13. The molecule has 0 bridgehead atoms. The molecular formula is C18H14Cl2N2S. The quantitative estimate of drug-likeness (QED) is 0.591. The lowest BCUT2D eigenvalue weighted by atomic mass is 10.0. The second kappa shape index (κ2) is 7.18. The van der Waals surface area contributed by atoms with Crippen LogP contribution in [-0.2, 0) is 6.54 Å². The Morgan fingerprint density at radius 3 is 2.57 bits per heavy atom. The summed E-state index contributed by atoms with van der Waals surface area (Å²) >= 11 is 17.4. The van der Waals surface area contributed by atoms with Gasteiger partial charge in [-0.3, -0.25) is 0 Å². The zero-order valence-corrected chi connectivity index (χ0v) is 14.5. The fraction of sp³-hybridized carbons (Fsp3) is 0.0556. The van der Waals surface area contributed by atoms with E-state index in [1.807, 2.05) is 18.2 Å². The molecule has 0 saturated heterocycles. The number of benzene rings is 3. The number of hydrogen-bond donors (Lipinski definition) is 2. The summed E-state index contributed by atoms with van der Waals surface area (Å²) in [5.41, 5.74) is 1.92. The van der Waals surface area contributed by atoms with Gasteiger partial charge in [0.25, 0.3) is 0 Å². The largest absolute Gasteiger partial charge is 0.358 e. The maximum atomic E-state index is 6.13. The topological polar surface area (TPSA) is 24.1 Å². The maximum absolute atomic E-state index is 6.13. The fourth-order valence-corrected chi connectivity index (χ4v) is 3.02. The van der Waals surface area contributed by atoms with Gasteiger partial charge in [0.1, 0.15) is 0 Å². The molecule has 0 unspecified atom stereocenters. The van der Waals surface area contributed by atoms with Gasteiger partial charge < -0.3 is 10.6 Å². The van der Waals surface area contributed by atoms with Crippen molar-refractivity contribution < 1.29 is 0 Å². The summed E-state index contributed by atoms with van der Waals surface area (Å²) in [6.45, 7) is 0.637. The Morgan fingerprint density at radius 1 is 0.957 bits per heavy atom. The third kappa shape index (κ3) is 3.94. The molecule has 2 N–H and O–H groups in total. The van der Waals surface area contributed by atoms with Gasteiger partial charge in [0.05, 0.1) is 10.7 Å². The number of rotatable bonds is 3. The van der Waals surface area contributed by atoms with Gasteiger partial charge in [0, 0.05) is 11.6 Å². The number of fused-ring (bicyclic) bond motifs is 1. The number of thiocarbonyl (C=S) groups is 1. The van der Waals surface area contributed by atoms with E-state index in [0.717, 1.165) is 5.69 Å². The van der Waals surface area contributed by atoms with Crippen molar-refractivity contribution in [1.29, 1.82) is 0 Å². The van der Waals surface area contributed by atoms with Crippen molar-refractivity contribution in [2.75, 3.05) is 5.32 Å². The van der Waals surface area contributed by atoms with Crippen LogP contribution in [0.25, 0.3) is 10.8 Å². The monoisotopic (exact) mass is 360 g/mol. The second-order valence-electron chi connectivity index (χ2n) is 5.07. The molecule has 23 heavy (non-hydrogen) atoms. The molecule has 0 aliphatic heterocycles. The Hall–Kier alpha value is -1.81. The molecule has 0 aliphatic rings. The molecule has 5 heteroatoms. The summed E-state index contributed by atoms with van der Waals surface area (Å²) in [7, 11) is 0. The van der Waals surface area contributed by atoms with Crippen LogP contribution in [0.15, 0.2) is 60.7 Å². The van der Waals surface area contributed by atoms with Crippen LogP contribution in [0, 0.1) is 0 Å². The van der Waals surface area contributed by atoms with Crippen LogP contribution >= 0.6 is 35.4 Å². The van der Waals surface area contributed by atoms with E-state index in [1.165, 1.54) is 16.3 Å². The molecule has 0 atom stereocenters. The van der Waals surface area contributed by atoms with Gasteiger partial charge in [-0.1, -0.05) is 65.7 Å². The molecule has 0 radical (unpaired) electrons. The minimum Gasteiger partial charge on any atom is -0.358 e. The molecule has 2 nitrogen and oxygen atoms in total. The van der Waals surface area contributed by atoms with E-state index in [9.17, 15) is 0 Å². The summed E-state index contributed by atoms with van der Waals surface area (Å²) in [5, 5.41) is 10.4. The normalized spacial score (nSPS) is 10.5. The van der Waals surface area contributed by atoms with Crippen LogP contribution < -0.4 is 10.6 Å². The van der Waals surface area contributed by atoms with Gasteiger partial charge >= 0.3 is 0 Å². The highest BCUT2D eigenvalue weighted by atomic mass is 35.5. The maximum Gasteiger partial charge on any atom is 0.171 e. The van der Waals surface area contributed by atoms with Crippen LogP contribution in [0.3, 0.4) is 0 Å². The molecular weight excluding hydrogens is 347 g/mol. The highest BCUT2D eigenvalue weighted by Gasteiger charge is 2.05. The van der Waals surface area contributed by atoms with E-state index in [4.69, 9.17) is 35.4 Å². The Kier molecular flexibility index (Phi) is 5.01. The van der Waals surface area contributed by atoms with E-state index in [-0.39, 0.29) is 0 Å². The molecule has 3 aromatic carbocycles. The first-order valence-electron chi connectivity index (χ1n) is 7.10. The van der Waals surface area contributed by atoms with E-state index < -0.39 is 0 Å². The molecule has 3 rings (SSSR count). The van der Waals surface area contributed by atoms with Gasteiger partial charge in [0.2, 0.25) is 0 Å². The first-order valence-corrected chi connectivity index (χ1v) is 8.26. The summed E-state index contributed by atoms with van der Waals surface area (Å²) in [5.74, 6) is 0. The predicted octanol–water partition coefficient (Wildman–Crippen LogP) is 5.63. The number of anilines is 1. The van der Waals surface area contributed by atoms with Crippen LogP contribution in [-0.4, -0.2) is 5.11 Å². The molecule has 0 saturated carbocycles. The van der Waals surface area contributed by atoms with Crippen LogP contribution in [0.1, 0.15) is 5.56 Å². The summed E-state index contributed by atoms with van der Waals surface area (Å²) in [6, 6.07) is 19.8. The van der Waals surface area contributed by atoms with Crippen molar-refractivity contribution >= 4 is 57.0 Å². The Balaban J connectivity index is 1.69. The van der Waals surface area contributed by atoms with E-state index >= 15 is 0 Å². The average Bonchev–Trinajstić information content (AvgIpc) is 2.55. The molecule has 0 aliphatic carbocycles. The lowest BCUT2D eigenvalue weighted by Crippen LogP contribution is -2.28. The minimum absolute atomic E-state index is 0.516. The molecule has 0 amide bonds. The fourth-order valence-electron chi connectivity index (χ4n) is 2.38. The van der Waals surface area contributed by atoms with E-state index in [1.54, 1.807) is 18.2 Å². The number of hydrogen-bond acceptors (Lipinski definition) is 1. The lowest BCUT2D eigenvalue weighted by molar-refractivity contribution is 0.934. The van der Waals surface area contributed by atoms with E-state index in [0.29, 0.717) is 21.7 Å². The van der Waals surface area contributed by atoms with Crippen LogP contribution in [0.4, 0.5) is 5.69 Å². The smallest absolute Gasteiger partial charge is 0.171 e. The second-order valence-corrected chi connectivity index (χ2v) is 6.32. The molecule has 0 spiro atoms. The predicted molar refractivity (Wildman–Crippen MR) is 103 cm³/mol. The molecule has 116 valence electrons. The Bertz CT molecular complexity index is 859. The zero-order chi connectivity index (χ0) is 16.2. The number of halogens is 2. The van der Waals surface area contributed by atoms with Crippen molar-refractivity contribution in [2.24, 2.45) is 0 Å².